The highest BCUT2D eigenvalue weighted by atomic mass is 16.6. The van der Waals surface area contributed by atoms with Crippen molar-refractivity contribution in [3.05, 3.63) is 12.7 Å². The Morgan fingerprint density at radius 2 is 2.56 bits per heavy atom. The van der Waals surface area contributed by atoms with Crippen LogP contribution < -0.4 is 0 Å². The van der Waals surface area contributed by atoms with Crippen molar-refractivity contribution < 1.29 is 9.53 Å². The van der Waals surface area contributed by atoms with Crippen molar-refractivity contribution in [2.45, 2.75) is 25.4 Å². The van der Waals surface area contributed by atoms with Gasteiger partial charge in [-0.05, 0) is 12.8 Å². The highest BCUT2D eigenvalue weighted by Gasteiger charge is 2.26. The lowest BCUT2D eigenvalue weighted by molar-refractivity contribution is -0.169. The molecule has 1 unspecified atom stereocenters. The number of carbonyl (C=O) groups is 1. The molecule has 50 valence electrons. The first kappa shape index (κ1) is 6.33. The molecular formula is C7H10O2. The molecule has 0 radical (unpaired) electrons. The summed E-state index contributed by atoms with van der Waals surface area (Å²) >= 11 is 0. The molecule has 2 heteroatoms. The summed E-state index contributed by atoms with van der Waals surface area (Å²) < 4.78 is 4.75. The fraction of sp³-hybridized carbons (Fsp3) is 0.571. The van der Waals surface area contributed by atoms with Gasteiger partial charge in [-0.15, -0.1) is 6.58 Å². The lowest BCUT2D eigenvalue weighted by Crippen LogP contribution is -2.32. The zero-order valence-corrected chi connectivity index (χ0v) is 5.30. The van der Waals surface area contributed by atoms with Crippen LogP contribution in [0.25, 0.3) is 0 Å². The Kier molecular flexibility index (Phi) is 1.88. The number of allylic oxidation sites excluding steroid dienone is 1. The molecule has 1 aliphatic rings. The summed E-state index contributed by atoms with van der Waals surface area (Å²) in [6.45, 7) is 3.57. The first-order chi connectivity index (χ1) is 4.33. The number of carbonyl (C=O) groups excluding carboxylic acids is 1. The summed E-state index contributed by atoms with van der Waals surface area (Å²) in [5.74, 6) is -0.0657. The average Bonchev–Trinajstić information content (AvgIpc) is 1.78. The van der Waals surface area contributed by atoms with Crippen molar-refractivity contribution in [2.24, 2.45) is 0 Å². The molecule has 1 aliphatic heterocycles. The van der Waals surface area contributed by atoms with Crippen LogP contribution in [0.1, 0.15) is 19.3 Å². The third kappa shape index (κ3) is 1.56. The molecule has 1 saturated heterocycles. The van der Waals surface area contributed by atoms with Crippen molar-refractivity contribution in [2.75, 3.05) is 0 Å². The molecule has 1 rings (SSSR count). The summed E-state index contributed by atoms with van der Waals surface area (Å²) in [7, 11) is 0. The van der Waals surface area contributed by atoms with Gasteiger partial charge in [0.15, 0.2) is 0 Å². The Labute approximate surface area is 54.5 Å². The van der Waals surface area contributed by atoms with Crippen molar-refractivity contribution in [1.82, 2.24) is 0 Å². The van der Waals surface area contributed by atoms with Gasteiger partial charge in [0.2, 0.25) is 0 Å². The van der Waals surface area contributed by atoms with Crippen LogP contribution in [0, 0.1) is 0 Å². The molecule has 1 heterocycles. The Morgan fingerprint density at radius 1 is 1.89 bits per heavy atom. The summed E-state index contributed by atoms with van der Waals surface area (Å²) in [5, 5.41) is 0. The van der Waals surface area contributed by atoms with Crippen LogP contribution in [0.3, 0.4) is 0 Å². The van der Waals surface area contributed by atoms with E-state index in [2.05, 4.69) is 6.58 Å². The molecule has 1 atom stereocenters. The number of esters is 1. The monoisotopic (exact) mass is 126 g/mol. The van der Waals surface area contributed by atoms with E-state index in [0.717, 1.165) is 12.8 Å². The maximum Gasteiger partial charge on any atom is 0.309 e. The minimum Gasteiger partial charge on any atom is -0.462 e. The smallest absolute Gasteiger partial charge is 0.309 e. The van der Waals surface area contributed by atoms with Crippen LogP contribution in [0.4, 0.5) is 0 Å². The molecule has 0 N–H and O–H groups in total. The third-order valence-corrected chi connectivity index (χ3v) is 1.39. The molecule has 1 fully saturated rings. The van der Waals surface area contributed by atoms with E-state index in [1.54, 1.807) is 0 Å². The Balaban J connectivity index is 2.03. The van der Waals surface area contributed by atoms with Crippen molar-refractivity contribution in [1.29, 1.82) is 0 Å². The van der Waals surface area contributed by atoms with Gasteiger partial charge in [0.1, 0.15) is 6.10 Å². The molecular weight excluding hydrogens is 116 g/mol. The number of cyclic esters (lactones) is 1. The molecule has 0 amide bonds. The van der Waals surface area contributed by atoms with Crippen molar-refractivity contribution in [3.63, 3.8) is 0 Å². The topological polar surface area (TPSA) is 26.3 Å². The highest BCUT2D eigenvalue weighted by molar-refractivity contribution is 5.75. The van der Waals surface area contributed by atoms with Gasteiger partial charge in [0, 0.05) is 0 Å². The number of ether oxygens (including phenoxy) is 1. The number of hydrogen-bond acceptors (Lipinski definition) is 2. The maximum atomic E-state index is 10.2. The van der Waals surface area contributed by atoms with Gasteiger partial charge < -0.3 is 4.74 Å². The zero-order valence-electron chi connectivity index (χ0n) is 5.30. The lowest BCUT2D eigenvalue weighted by atomic mass is 10.1. The summed E-state index contributed by atoms with van der Waals surface area (Å²) in [4.78, 5) is 10.2. The van der Waals surface area contributed by atoms with E-state index in [-0.39, 0.29) is 12.1 Å². The molecule has 2 nitrogen and oxygen atoms in total. The minimum atomic E-state index is -0.0657. The third-order valence-electron chi connectivity index (χ3n) is 1.39. The molecule has 0 aromatic heterocycles. The van der Waals surface area contributed by atoms with Gasteiger partial charge in [0.05, 0.1) is 6.42 Å². The van der Waals surface area contributed by atoms with Gasteiger partial charge >= 0.3 is 5.97 Å². The van der Waals surface area contributed by atoms with Crippen molar-refractivity contribution >= 4 is 5.97 Å². The lowest BCUT2D eigenvalue weighted by Gasteiger charge is -2.24. The highest BCUT2D eigenvalue weighted by Crippen LogP contribution is 2.17. The van der Waals surface area contributed by atoms with E-state index in [9.17, 15) is 4.79 Å². The zero-order chi connectivity index (χ0) is 6.69. The molecule has 0 bridgehead atoms. The Bertz CT molecular complexity index is 121. The molecule has 0 spiro atoms. The second-order valence-electron chi connectivity index (χ2n) is 2.18. The Hall–Kier alpha value is -0.790. The largest absolute Gasteiger partial charge is 0.462 e. The van der Waals surface area contributed by atoms with Crippen LogP contribution in [-0.2, 0) is 9.53 Å². The first-order valence-corrected chi connectivity index (χ1v) is 3.13. The van der Waals surface area contributed by atoms with Crippen LogP contribution >= 0.6 is 0 Å². The van der Waals surface area contributed by atoms with Gasteiger partial charge in [-0.25, -0.2) is 0 Å². The van der Waals surface area contributed by atoms with E-state index in [4.69, 9.17) is 4.74 Å². The normalized spacial score (nSPS) is 24.4. The van der Waals surface area contributed by atoms with Gasteiger partial charge in [-0.3, -0.25) is 4.79 Å². The fourth-order valence-electron chi connectivity index (χ4n) is 0.827. The summed E-state index contributed by atoms with van der Waals surface area (Å²) in [6.07, 6.45) is 4.52. The SMILES string of the molecule is C=CCCC1CC(=O)O1. The minimum absolute atomic E-state index is 0.0657. The van der Waals surface area contributed by atoms with Gasteiger partial charge in [-0.2, -0.15) is 0 Å². The van der Waals surface area contributed by atoms with E-state index in [1.165, 1.54) is 0 Å². The average molecular weight is 126 g/mol. The molecule has 0 aliphatic carbocycles. The van der Waals surface area contributed by atoms with Gasteiger partial charge in [0.25, 0.3) is 0 Å². The van der Waals surface area contributed by atoms with E-state index >= 15 is 0 Å². The van der Waals surface area contributed by atoms with E-state index in [0.29, 0.717) is 6.42 Å². The second kappa shape index (κ2) is 2.67. The molecule has 0 saturated carbocycles. The standard InChI is InChI=1S/C7H10O2/c1-2-3-4-6-5-7(8)9-6/h2,6H,1,3-5H2. The predicted octanol–water partition coefficient (Wildman–Crippen LogP) is 1.27. The second-order valence-corrected chi connectivity index (χ2v) is 2.18. The predicted molar refractivity (Wildman–Crippen MR) is 33.9 cm³/mol. The number of hydrogen-bond donors (Lipinski definition) is 0. The first-order valence-electron chi connectivity index (χ1n) is 3.13. The van der Waals surface area contributed by atoms with Crippen LogP contribution in [0.15, 0.2) is 12.7 Å². The Morgan fingerprint density at radius 3 is 3.00 bits per heavy atom. The quantitative estimate of drug-likeness (QED) is 0.420. The number of rotatable bonds is 3. The molecule has 0 aromatic rings. The van der Waals surface area contributed by atoms with E-state index < -0.39 is 0 Å². The van der Waals surface area contributed by atoms with Crippen LogP contribution in [0.5, 0.6) is 0 Å². The van der Waals surface area contributed by atoms with Crippen LogP contribution in [-0.4, -0.2) is 12.1 Å². The molecule has 0 aromatic carbocycles. The van der Waals surface area contributed by atoms with Crippen LogP contribution in [0.2, 0.25) is 0 Å². The van der Waals surface area contributed by atoms with E-state index in [1.807, 2.05) is 6.08 Å². The summed E-state index contributed by atoms with van der Waals surface area (Å²) in [6, 6.07) is 0. The summed E-state index contributed by atoms with van der Waals surface area (Å²) in [5.41, 5.74) is 0. The fourth-order valence-corrected chi connectivity index (χ4v) is 0.827. The molecule has 9 heavy (non-hydrogen) atoms. The van der Waals surface area contributed by atoms with Crippen molar-refractivity contribution in [3.8, 4) is 0 Å². The maximum absolute atomic E-state index is 10.2. The van der Waals surface area contributed by atoms with Gasteiger partial charge in [-0.1, -0.05) is 6.08 Å².